The summed E-state index contributed by atoms with van der Waals surface area (Å²) in [7, 11) is 5.24. The normalized spacial score (nSPS) is 20.4. The van der Waals surface area contributed by atoms with E-state index < -0.39 is 12.0 Å². The summed E-state index contributed by atoms with van der Waals surface area (Å²) in [6.07, 6.45) is 4.95. The zero-order valence-electron chi connectivity index (χ0n) is 10.9. The van der Waals surface area contributed by atoms with Gasteiger partial charge < -0.3 is 10.1 Å². The summed E-state index contributed by atoms with van der Waals surface area (Å²) < 4.78 is 4.55. The number of rotatable bonds is 7. The molecule has 1 amide bonds. The molecule has 104 valence electrons. The lowest BCUT2D eigenvalue weighted by Crippen LogP contribution is -2.39. The fraction of sp³-hybridized carbons (Fsp3) is 0.833. The Balaban J connectivity index is 2.04. The summed E-state index contributed by atoms with van der Waals surface area (Å²) in [6.45, 7) is 1.64. The minimum atomic E-state index is -0.552. The lowest BCUT2D eigenvalue weighted by Gasteiger charge is -2.11. The van der Waals surface area contributed by atoms with E-state index in [1.54, 1.807) is 6.92 Å². The van der Waals surface area contributed by atoms with Crippen molar-refractivity contribution >= 4 is 33.5 Å². The van der Waals surface area contributed by atoms with Gasteiger partial charge in [0.05, 0.1) is 7.11 Å². The Bertz CT molecular complexity index is 280. The number of hydrogen-bond donors (Lipinski definition) is 1. The van der Waals surface area contributed by atoms with Gasteiger partial charge in [-0.1, -0.05) is 28.0 Å². The zero-order valence-corrected chi connectivity index (χ0v) is 12.6. The summed E-state index contributed by atoms with van der Waals surface area (Å²) >= 11 is 0. The molecule has 1 N–H and O–H groups in total. The second kappa shape index (κ2) is 8.69. The van der Waals surface area contributed by atoms with Crippen LogP contribution in [0.3, 0.4) is 0 Å². The van der Waals surface area contributed by atoms with E-state index in [0.29, 0.717) is 6.42 Å². The second-order valence-corrected chi connectivity index (χ2v) is 7.17. The standard InChI is InChI=1S/C12H21NO3S2/c1-9(12(15)16-2)13-11(14)6-4-3-5-10-7-8-17-18-10/h9-10H,3-8H2,1-2H3,(H,13,14). The number of amides is 1. The predicted octanol–water partition coefficient (Wildman–Crippen LogP) is 2.38. The Hall–Kier alpha value is -0.360. The number of nitrogens with one attached hydrogen (secondary N) is 1. The van der Waals surface area contributed by atoms with Crippen molar-refractivity contribution in [2.75, 3.05) is 12.9 Å². The van der Waals surface area contributed by atoms with Crippen LogP contribution in [0.1, 0.15) is 39.0 Å². The predicted molar refractivity (Wildman–Crippen MR) is 76.5 cm³/mol. The maximum atomic E-state index is 11.5. The third-order valence-electron chi connectivity index (χ3n) is 2.84. The van der Waals surface area contributed by atoms with Crippen LogP contribution in [-0.4, -0.2) is 36.0 Å². The van der Waals surface area contributed by atoms with E-state index in [1.165, 1.54) is 25.7 Å². The Morgan fingerprint density at radius 2 is 2.22 bits per heavy atom. The molecular weight excluding hydrogens is 270 g/mol. The molecule has 6 heteroatoms. The van der Waals surface area contributed by atoms with Crippen LogP contribution in [0.15, 0.2) is 0 Å². The molecular formula is C12H21NO3S2. The summed E-state index contributed by atoms with van der Waals surface area (Å²) in [5.74, 6) is 0.788. The van der Waals surface area contributed by atoms with Crippen LogP contribution in [0.25, 0.3) is 0 Å². The van der Waals surface area contributed by atoms with Crippen molar-refractivity contribution < 1.29 is 14.3 Å². The quantitative estimate of drug-likeness (QED) is 0.443. The van der Waals surface area contributed by atoms with Gasteiger partial charge in [-0.15, -0.1) is 0 Å². The molecule has 0 bridgehead atoms. The first-order chi connectivity index (χ1) is 8.63. The lowest BCUT2D eigenvalue weighted by molar-refractivity contribution is -0.144. The molecule has 0 aliphatic carbocycles. The number of methoxy groups -OCH3 is 1. The highest BCUT2D eigenvalue weighted by Crippen LogP contribution is 2.39. The van der Waals surface area contributed by atoms with E-state index in [4.69, 9.17) is 0 Å². The van der Waals surface area contributed by atoms with E-state index in [2.05, 4.69) is 10.1 Å². The Morgan fingerprint density at radius 1 is 1.44 bits per heavy atom. The van der Waals surface area contributed by atoms with Gasteiger partial charge >= 0.3 is 5.97 Å². The van der Waals surface area contributed by atoms with Crippen molar-refractivity contribution in [2.45, 2.75) is 50.3 Å². The Kier molecular flexibility index (Phi) is 7.58. The first kappa shape index (κ1) is 15.7. The molecule has 1 aliphatic rings. The van der Waals surface area contributed by atoms with E-state index in [9.17, 15) is 9.59 Å². The molecule has 0 aromatic carbocycles. The molecule has 1 fully saturated rings. The monoisotopic (exact) mass is 291 g/mol. The van der Waals surface area contributed by atoms with Crippen LogP contribution in [0, 0.1) is 0 Å². The van der Waals surface area contributed by atoms with Gasteiger partial charge in [0.15, 0.2) is 0 Å². The summed E-state index contributed by atoms with van der Waals surface area (Å²) in [6, 6.07) is -0.552. The van der Waals surface area contributed by atoms with Crippen LogP contribution in [0.5, 0.6) is 0 Å². The van der Waals surface area contributed by atoms with E-state index >= 15 is 0 Å². The molecule has 0 spiro atoms. The highest BCUT2D eigenvalue weighted by atomic mass is 33.1. The fourth-order valence-electron chi connectivity index (χ4n) is 1.77. The van der Waals surface area contributed by atoms with Crippen molar-refractivity contribution in [1.82, 2.24) is 5.32 Å². The second-order valence-electron chi connectivity index (χ2n) is 4.39. The van der Waals surface area contributed by atoms with Crippen molar-refractivity contribution in [3.05, 3.63) is 0 Å². The third-order valence-corrected chi connectivity index (χ3v) is 5.85. The average Bonchev–Trinajstić information content (AvgIpc) is 2.86. The average molecular weight is 291 g/mol. The molecule has 0 aromatic rings. The first-order valence-electron chi connectivity index (χ1n) is 6.29. The van der Waals surface area contributed by atoms with Gasteiger partial charge in [-0.05, 0) is 26.2 Å². The van der Waals surface area contributed by atoms with Crippen molar-refractivity contribution in [3.63, 3.8) is 0 Å². The zero-order chi connectivity index (χ0) is 13.4. The van der Waals surface area contributed by atoms with Gasteiger partial charge in [0.1, 0.15) is 6.04 Å². The molecule has 18 heavy (non-hydrogen) atoms. The highest BCUT2D eigenvalue weighted by molar-refractivity contribution is 8.77. The summed E-state index contributed by atoms with van der Waals surface area (Å²) in [5.41, 5.74) is 0. The number of carbonyl (C=O) groups excluding carboxylic acids is 2. The van der Waals surface area contributed by atoms with Crippen LogP contribution >= 0.6 is 21.6 Å². The Labute approximate surface area is 116 Å². The summed E-state index contributed by atoms with van der Waals surface area (Å²) in [5, 5.41) is 3.41. The summed E-state index contributed by atoms with van der Waals surface area (Å²) in [4.78, 5) is 22.7. The van der Waals surface area contributed by atoms with Gasteiger partial charge in [-0.2, -0.15) is 0 Å². The maximum Gasteiger partial charge on any atom is 0.328 e. The third kappa shape index (κ3) is 6.00. The van der Waals surface area contributed by atoms with Crippen LogP contribution in [0.2, 0.25) is 0 Å². The topological polar surface area (TPSA) is 55.4 Å². The molecule has 2 atom stereocenters. The van der Waals surface area contributed by atoms with E-state index in [0.717, 1.165) is 18.1 Å². The smallest absolute Gasteiger partial charge is 0.328 e. The molecule has 1 heterocycles. The van der Waals surface area contributed by atoms with Crippen LogP contribution in [0.4, 0.5) is 0 Å². The Morgan fingerprint density at radius 3 is 2.83 bits per heavy atom. The van der Waals surface area contributed by atoms with Crippen LogP contribution in [-0.2, 0) is 14.3 Å². The molecule has 0 radical (unpaired) electrons. The molecule has 4 nitrogen and oxygen atoms in total. The van der Waals surface area contributed by atoms with Crippen molar-refractivity contribution in [3.8, 4) is 0 Å². The largest absolute Gasteiger partial charge is 0.467 e. The number of carbonyl (C=O) groups is 2. The number of hydrogen-bond acceptors (Lipinski definition) is 5. The first-order valence-corrected chi connectivity index (χ1v) is 8.67. The molecule has 2 unspecified atom stereocenters. The van der Waals surface area contributed by atoms with Crippen LogP contribution < -0.4 is 5.32 Å². The van der Waals surface area contributed by atoms with Gasteiger partial charge in [-0.25, -0.2) is 4.79 Å². The highest BCUT2D eigenvalue weighted by Gasteiger charge is 2.17. The molecule has 1 rings (SSSR count). The van der Waals surface area contributed by atoms with E-state index in [-0.39, 0.29) is 5.91 Å². The van der Waals surface area contributed by atoms with E-state index in [1.807, 2.05) is 21.6 Å². The SMILES string of the molecule is COC(=O)C(C)NC(=O)CCCCC1CCSS1. The fourth-order valence-corrected chi connectivity index (χ4v) is 4.80. The minimum Gasteiger partial charge on any atom is -0.467 e. The molecule has 0 aromatic heterocycles. The molecule has 0 saturated carbocycles. The minimum absolute atomic E-state index is 0.0682. The number of unbranched alkanes of at least 4 members (excludes halogenated alkanes) is 1. The maximum absolute atomic E-state index is 11.5. The van der Waals surface area contributed by atoms with Crippen molar-refractivity contribution in [1.29, 1.82) is 0 Å². The number of esters is 1. The van der Waals surface area contributed by atoms with Gasteiger partial charge in [-0.3, -0.25) is 4.79 Å². The molecule has 1 aliphatic heterocycles. The van der Waals surface area contributed by atoms with Gasteiger partial charge in [0.25, 0.3) is 0 Å². The van der Waals surface area contributed by atoms with Gasteiger partial charge in [0, 0.05) is 17.4 Å². The number of ether oxygens (including phenoxy) is 1. The lowest BCUT2D eigenvalue weighted by atomic mass is 10.1. The molecule has 1 saturated heterocycles. The van der Waals surface area contributed by atoms with Crippen molar-refractivity contribution in [2.24, 2.45) is 0 Å². The van der Waals surface area contributed by atoms with Gasteiger partial charge in [0.2, 0.25) is 5.91 Å².